The average molecular weight is 841 g/mol. The van der Waals surface area contributed by atoms with Crippen LogP contribution in [0.4, 0.5) is 17.1 Å². The highest BCUT2D eigenvalue weighted by Crippen LogP contribution is 2.43. The van der Waals surface area contributed by atoms with E-state index in [4.69, 9.17) is 0 Å². The molecule has 12 rings (SSSR count). The first kappa shape index (κ1) is 38.9. The average Bonchev–Trinajstić information content (AvgIpc) is 3.74. The second kappa shape index (κ2) is 16.8. The third-order valence-electron chi connectivity index (χ3n) is 13.0. The predicted molar refractivity (Wildman–Crippen MR) is 280 cm³/mol. The van der Waals surface area contributed by atoms with Gasteiger partial charge in [0.15, 0.2) is 0 Å². The van der Waals surface area contributed by atoms with Gasteiger partial charge in [-0.15, -0.1) is 0 Å². The topological polar surface area (TPSA) is 8.17 Å². The SMILES string of the molecule is c1ccc(-c2ccccc2-c2ccccc2-c2ccccc2-c2ccc(N(c3ccc(-c4ccc5ccccc5c4)cc3)c3cccc(-n4c5ccccc5c5ccccc54)c3)cc2)cc1. The first-order valence-electron chi connectivity index (χ1n) is 22.7. The molecular weight excluding hydrogens is 797 g/mol. The van der Waals surface area contributed by atoms with E-state index in [1.54, 1.807) is 0 Å². The van der Waals surface area contributed by atoms with Crippen molar-refractivity contribution in [2.24, 2.45) is 0 Å². The number of hydrogen-bond donors (Lipinski definition) is 0. The lowest BCUT2D eigenvalue weighted by Crippen LogP contribution is -2.10. The first-order valence-corrected chi connectivity index (χ1v) is 22.7. The van der Waals surface area contributed by atoms with E-state index in [1.807, 2.05) is 0 Å². The van der Waals surface area contributed by atoms with Gasteiger partial charge in [-0.05, 0) is 127 Å². The summed E-state index contributed by atoms with van der Waals surface area (Å²) in [6.45, 7) is 0. The second-order valence-electron chi connectivity index (χ2n) is 16.9. The molecule has 11 aromatic carbocycles. The van der Waals surface area contributed by atoms with Gasteiger partial charge in [-0.1, -0.05) is 206 Å². The molecule has 66 heavy (non-hydrogen) atoms. The van der Waals surface area contributed by atoms with Crippen LogP contribution in [0, 0.1) is 0 Å². The molecule has 2 heteroatoms. The lowest BCUT2D eigenvalue weighted by Gasteiger charge is -2.27. The molecule has 0 aliphatic heterocycles. The van der Waals surface area contributed by atoms with E-state index in [0.717, 1.165) is 28.3 Å². The first-order chi connectivity index (χ1) is 32.7. The Labute approximate surface area is 385 Å². The molecular formula is C64H44N2. The van der Waals surface area contributed by atoms with Crippen molar-refractivity contribution in [3.05, 3.63) is 267 Å². The number of fused-ring (bicyclic) bond motifs is 4. The summed E-state index contributed by atoms with van der Waals surface area (Å²) < 4.78 is 2.39. The molecule has 0 aliphatic rings. The lowest BCUT2D eigenvalue weighted by molar-refractivity contribution is 1.17. The van der Waals surface area contributed by atoms with Crippen LogP contribution in [0.3, 0.4) is 0 Å². The zero-order valence-corrected chi connectivity index (χ0v) is 36.3. The molecule has 0 bridgehead atoms. The Balaban J connectivity index is 0.964. The van der Waals surface area contributed by atoms with E-state index in [1.165, 1.54) is 82.6 Å². The Hall–Kier alpha value is -8.72. The molecule has 0 aliphatic carbocycles. The van der Waals surface area contributed by atoms with Crippen molar-refractivity contribution in [3.8, 4) is 61.3 Å². The molecule has 1 aromatic heterocycles. The third-order valence-corrected chi connectivity index (χ3v) is 13.0. The fourth-order valence-corrected chi connectivity index (χ4v) is 9.89. The van der Waals surface area contributed by atoms with Crippen LogP contribution >= 0.6 is 0 Å². The van der Waals surface area contributed by atoms with Gasteiger partial charge in [-0.3, -0.25) is 0 Å². The van der Waals surface area contributed by atoms with Gasteiger partial charge in [0.05, 0.1) is 11.0 Å². The van der Waals surface area contributed by atoms with Crippen LogP contribution in [0.1, 0.15) is 0 Å². The standard InChI is InChI=1S/C64H44N2/c1-2-18-47(19-3-1)55-23-6-8-25-57(55)59-27-10-11-28-60(59)58-26-9-7-24-56(58)48-37-41-52(42-38-48)65(51-39-35-46(36-40-51)50-34-33-45-17-4-5-20-49(45)43-50)53-21-16-22-54(44-53)66-63-31-14-12-29-61(63)62-30-13-15-32-64(62)66/h1-44H. The smallest absolute Gasteiger partial charge is 0.0541 e. The van der Waals surface area contributed by atoms with Gasteiger partial charge in [0.1, 0.15) is 0 Å². The van der Waals surface area contributed by atoms with Crippen molar-refractivity contribution < 1.29 is 0 Å². The monoisotopic (exact) mass is 840 g/mol. The second-order valence-corrected chi connectivity index (χ2v) is 16.9. The molecule has 0 atom stereocenters. The normalized spacial score (nSPS) is 11.3. The molecule has 0 radical (unpaired) electrons. The van der Waals surface area contributed by atoms with Crippen LogP contribution in [0.15, 0.2) is 267 Å². The lowest BCUT2D eigenvalue weighted by atomic mass is 9.87. The molecule has 2 nitrogen and oxygen atoms in total. The maximum Gasteiger partial charge on any atom is 0.0541 e. The maximum atomic E-state index is 2.39. The molecule has 0 saturated carbocycles. The molecule has 310 valence electrons. The molecule has 0 fully saturated rings. The zero-order valence-electron chi connectivity index (χ0n) is 36.3. The minimum atomic E-state index is 1.08. The number of hydrogen-bond acceptors (Lipinski definition) is 1. The molecule has 0 amide bonds. The van der Waals surface area contributed by atoms with E-state index in [-0.39, 0.29) is 0 Å². The number of anilines is 3. The van der Waals surface area contributed by atoms with Crippen molar-refractivity contribution in [2.75, 3.05) is 4.90 Å². The molecule has 0 saturated heterocycles. The fourth-order valence-electron chi connectivity index (χ4n) is 9.89. The number of nitrogens with zero attached hydrogens (tertiary/aromatic N) is 2. The number of benzene rings is 11. The Morgan fingerprint density at radius 1 is 0.242 bits per heavy atom. The molecule has 0 unspecified atom stereocenters. The number of aromatic nitrogens is 1. The van der Waals surface area contributed by atoms with Crippen LogP contribution in [-0.2, 0) is 0 Å². The third kappa shape index (κ3) is 7.02. The van der Waals surface area contributed by atoms with Gasteiger partial charge in [0.25, 0.3) is 0 Å². The van der Waals surface area contributed by atoms with Gasteiger partial charge < -0.3 is 9.47 Å². The Morgan fingerprint density at radius 3 is 1.27 bits per heavy atom. The predicted octanol–water partition coefficient (Wildman–Crippen LogP) is 17.7. The molecule has 0 N–H and O–H groups in total. The van der Waals surface area contributed by atoms with Crippen LogP contribution in [0.2, 0.25) is 0 Å². The van der Waals surface area contributed by atoms with Crippen molar-refractivity contribution in [1.82, 2.24) is 4.57 Å². The highest BCUT2D eigenvalue weighted by Gasteiger charge is 2.19. The van der Waals surface area contributed by atoms with Crippen LogP contribution in [-0.4, -0.2) is 4.57 Å². The van der Waals surface area contributed by atoms with Gasteiger partial charge in [-0.2, -0.15) is 0 Å². The quantitative estimate of drug-likeness (QED) is 0.141. The number of rotatable bonds is 9. The largest absolute Gasteiger partial charge is 0.310 e. The van der Waals surface area contributed by atoms with E-state index in [0.29, 0.717) is 0 Å². The highest BCUT2D eigenvalue weighted by molar-refractivity contribution is 6.09. The van der Waals surface area contributed by atoms with Gasteiger partial charge in [0, 0.05) is 33.5 Å². The summed E-state index contributed by atoms with van der Waals surface area (Å²) in [4.78, 5) is 2.38. The highest BCUT2D eigenvalue weighted by atomic mass is 15.1. The minimum Gasteiger partial charge on any atom is -0.310 e. The molecule has 1 heterocycles. The van der Waals surface area contributed by atoms with E-state index in [2.05, 4.69) is 276 Å². The summed E-state index contributed by atoms with van der Waals surface area (Å²) in [5.41, 5.74) is 18.7. The Bertz CT molecular complexity index is 3640. The Morgan fingerprint density at radius 2 is 0.682 bits per heavy atom. The summed E-state index contributed by atoms with van der Waals surface area (Å²) in [7, 11) is 0. The van der Waals surface area contributed by atoms with Gasteiger partial charge in [0.2, 0.25) is 0 Å². The summed E-state index contributed by atoms with van der Waals surface area (Å²) >= 11 is 0. The van der Waals surface area contributed by atoms with Crippen molar-refractivity contribution in [3.63, 3.8) is 0 Å². The van der Waals surface area contributed by atoms with Crippen LogP contribution < -0.4 is 4.90 Å². The van der Waals surface area contributed by atoms with E-state index >= 15 is 0 Å². The van der Waals surface area contributed by atoms with Crippen LogP contribution in [0.25, 0.3) is 93.9 Å². The molecule has 0 spiro atoms. The van der Waals surface area contributed by atoms with Gasteiger partial charge in [-0.25, -0.2) is 0 Å². The molecule has 12 aromatic rings. The minimum absolute atomic E-state index is 1.08. The summed E-state index contributed by atoms with van der Waals surface area (Å²) in [6.07, 6.45) is 0. The summed E-state index contributed by atoms with van der Waals surface area (Å²) in [6, 6.07) is 96.9. The van der Waals surface area contributed by atoms with Crippen molar-refractivity contribution in [1.29, 1.82) is 0 Å². The fraction of sp³-hybridized carbons (Fsp3) is 0. The maximum absolute atomic E-state index is 2.39. The Kier molecular flexibility index (Phi) is 9.89. The van der Waals surface area contributed by atoms with Crippen LogP contribution in [0.5, 0.6) is 0 Å². The number of para-hydroxylation sites is 2. The van der Waals surface area contributed by atoms with Crippen molar-refractivity contribution in [2.45, 2.75) is 0 Å². The van der Waals surface area contributed by atoms with E-state index in [9.17, 15) is 0 Å². The zero-order chi connectivity index (χ0) is 43.8. The van der Waals surface area contributed by atoms with Crippen molar-refractivity contribution >= 4 is 49.6 Å². The summed E-state index contributed by atoms with van der Waals surface area (Å²) in [5, 5.41) is 4.98. The van der Waals surface area contributed by atoms with Gasteiger partial charge >= 0.3 is 0 Å². The summed E-state index contributed by atoms with van der Waals surface area (Å²) in [5.74, 6) is 0. The van der Waals surface area contributed by atoms with E-state index < -0.39 is 0 Å².